The van der Waals surface area contributed by atoms with E-state index in [9.17, 15) is 4.79 Å². The Morgan fingerprint density at radius 1 is 0.600 bits per heavy atom. The topological polar surface area (TPSA) is 181 Å². The number of hydrogen-bond acceptors (Lipinski definition) is 17. The third kappa shape index (κ3) is 19.4. The van der Waals surface area contributed by atoms with E-state index in [1.54, 1.807) is 25.2 Å². The SMILES string of the molecule is CC.CC(C)C1OC(=O)c2ccccc21.Cc1nc(C(C)C)no1.Cc1nc(C(C)C)ns1.Cc1nnc(C(C)C)o1.Cc1nnc(C(C)C)s1.Cc1nsc(C(C)C)n1. The summed E-state index contributed by atoms with van der Waals surface area (Å²) >= 11 is 4.64. The zero-order valence-corrected chi connectivity index (χ0v) is 41.6. The molecule has 0 radical (unpaired) electrons. The lowest BCUT2D eigenvalue weighted by Gasteiger charge is -2.13. The Hall–Kier alpha value is -4.35. The zero-order valence-electron chi connectivity index (χ0n) is 39.2. The average Bonchev–Trinajstić information content (AvgIpc) is 4.06. The Morgan fingerprint density at radius 3 is 1.53 bits per heavy atom. The monoisotopic (exact) mass is 884 g/mol. The second-order valence-electron chi connectivity index (χ2n) is 15.3. The van der Waals surface area contributed by atoms with Gasteiger partial charge in [0.15, 0.2) is 5.82 Å². The molecule has 0 spiro atoms. The number of rotatable bonds is 6. The molecule has 0 aliphatic carbocycles. The van der Waals surface area contributed by atoms with Crippen molar-refractivity contribution < 1.29 is 18.5 Å². The van der Waals surface area contributed by atoms with Gasteiger partial charge in [0.25, 0.3) is 0 Å². The van der Waals surface area contributed by atoms with Gasteiger partial charge in [-0.05, 0) is 55.8 Å². The molecule has 0 amide bonds. The van der Waals surface area contributed by atoms with Crippen molar-refractivity contribution in [2.24, 2.45) is 5.92 Å². The van der Waals surface area contributed by atoms with Gasteiger partial charge in [-0.25, -0.2) is 14.8 Å². The van der Waals surface area contributed by atoms with Crippen LogP contribution in [0, 0.1) is 40.5 Å². The summed E-state index contributed by atoms with van der Waals surface area (Å²) in [4.78, 5) is 23.8. The number of aromatic nitrogens is 10. The van der Waals surface area contributed by atoms with E-state index < -0.39 is 0 Å². The van der Waals surface area contributed by atoms with E-state index in [4.69, 9.17) is 13.7 Å². The molecule has 5 aromatic heterocycles. The first kappa shape index (κ1) is 53.7. The van der Waals surface area contributed by atoms with Gasteiger partial charge in [0.2, 0.25) is 17.7 Å². The summed E-state index contributed by atoms with van der Waals surface area (Å²) in [5.41, 5.74) is 1.75. The first-order valence-corrected chi connectivity index (χ1v) is 22.9. The summed E-state index contributed by atoms with van der Waals surface area (Å²) in [6.07, 6.45) is -0.0521. The molecule has 0 bridgehead atoms. The molecular formula is C43H68N10O4S3. The maximum absolute atomic E-state index is 11.4. The predicted molar refractivity (Wildman–Crippen MR) is 243 cm³/mol. The van der Waals surface area contributed by atoms with Gasteiger partial charge in [-0.2, -0.15) is 13.7 Å². The van der Waals surface area contributed by atoms with Crippen LogP contribution >= 0.6 is 34.4 Å². The molecule has 0 fully saturated rings. The lowest BCUT2D eigenvalue weighted by atomic mass is 9.97. The first-order valence-electron chi connectivity index (χ1n) is 20.5. The smallest absolute Gasteiger partial charge is 0.339 e. The second-order valence-corrected chi connectivity index (χ2v) is 18.2. The molecule has 1 aromatic carbocycles. The van der Waals surface area contributed by atoms with E-state index >= 15 is 0 Å². The quantitative estimate of drug-likeness (QED) is 0.144. The van der Waals surface area contributed by atoms with E-state index in [-0.39, 0.29) is 12.1 Å². The van der Waals surface area contributed by atoms with Crippen molar-refractivity contribution in [2.75, 3.05) is 0 Å². The molecule has 14 nitrogen and oxygen atoms in total. The van der Waals surface area contributed by atoms with Crippen LogP contribution in [0.25, 0.3) is 0 Å². The van der Waals surface area contributed by atoms with Crippen LogP contribution in [-0.4, -0.2) is 55.2 Å². The fourth-order valence-electron chi connectivity index (χ4n) is 4.41. The van der Waals surface area contributed by atoms with Gasteiger partial charge in [-0.1, -0.05) is 120 Å². The number of esters is 1. The minimum Gasteiger partial charge on any atom is -0.454 e. The minimum absolute atomic E-state index is 0.0521. The van der Waals surface area contributed by atoms with E-state index in [0.29, 0.717) is 53.2 Å². The Bertz CT molecular complexity index is 1800. The van der Waals surface area contributed by atoms with Gasteiger partial charge in [-0.3, -0.25) is 0 Å². The number of cyclic esters (lactones) is 1. The lowest BCUT2D eigenvalue weighted by molar-refractivity contribution is 0.0280. The largest absolute Gasteiger partial charge is 0.454 e. The maximum Gasteiger partial charge on any atom is 0.339 e. The summed E-state index contributed by atoms with van der Waals surface area (Å²) in [6.45, 7) is 38.4. The van der Waals surface area contributed by atoms with Crippen molar-refractivity contribution in [1.82, 2.24) is 49.3 Å². The van der Waals surface area contributed by atoms with Gasteiger partial charge >= 0.3 is 5.97 Å². The van der Waals surface area contributed by atoms with E-state index in [2.05, 4.69) is 105 Å². The number of ether oxygens (including phenoxy) is 1. The molecule has 60 heavy (non-hydrogen) atoms. The average molecular weight is 885 g/mol. The number of aryl methyl sites for hydroxylation is 5. The molecule has 17 heteroatoms. The Balaban J connectivity index is 0.000000359. The highest BCUT2D eigenvalue weighted by molar-refractivity contribution is 7.11. The van der Waals surface area contributed by atoms with Crippen LogP contribution < -0.4 is 0 Å². The molecule has 0 saturated carbocycles. The third-order valence-electron chi connectivity index (χ3n) is 7.55. The summed E-state index contributed by atoms with van der Waals surface area (Å²) in [5.74, 6) is 7.01. The molecule has 1 aliphatic rings. The Kier molecular flexibility index (Phi) is 24.6. The van der Waals surface area contributed by atoms with E-state index in [1.165, 1.54) is 23.1 Å². The van der Waals surface area contributed by atoms with Gasteiger partial charge in [0.05, 0.1) is 5.56 Å². The number of nitrogens with zero attached hydrogens (tertiary/aromatic N) is 10. The number of carbonyl (C=O) groups is 1. The van der Waals surface area contributed by atoms with Crippen LogP contribution in [0.15, 0.2) is 33.2 Å². The van der Waals surface area contributed by atoms with Gasteiger partial charge in [0, 0.05) is 49.0 Å². The van der Waals surface area contributed by atoms with Crippen LogP contribution in [0.5, 0.6) is 0 Å². The van der Waals surface area contributed by atoms with Crippen molar-refractivity contribution in [3.63, 3.8) is 0 Å². The molecule has 0 saturated heterocycles. The van der Waals surface area contributed by atoms with Crippen molar-refractivity contribution in [1.29, 1.82) is 0 Å². The number of fused-ring (bicyclic) bond motifs is 1. The van der Waals surface area contributed by atoms with Crippen LogP contribution in [-0.2, 0) is 4.74 Å². The highest BCUT2D eigenvalue weighted by Crippen LogP contribution is 2.35. The molecule has 1 atom stereocenters. The third-order valence-corrected chi connectivity index (χ3v) is 10.4. The van der Waals surface area contributed by atoms with Gasteiger partial charge < -0.3 is 13.7 Å². The molecule has 1 unspecified atom stereocenters. The molecule has 332 valence electrons. The molecule has 0 N–H and O–H groups in total. The molecular weight excluding hydrogens is 817 g/mol. The van der Waals surface area contributed by atoms with E-state index in [0.717, 1.165) is 48.6 Å². The van der Waals surface area contributed by atoms with Crippen LogP contribution in [0.1, 0.15) is 204 Å². The highest BCUT2D eigenvalue weighted by Gasteiger charge is 2.32. The Labute approximate surface area is 370 Å². The van der Waals surface area contributed by atoms with Crippen LogP contribution in [0.4, 0.5) is 0 Å². The fraction of sp³-hybridized carbons (Fsp3) is 0.605. The Morgan fingerprint density at radius 2 is 1.22 bits per heavy atom. The fourth-order valence-corrected chi connectivity index (χ4v) is 6.37. The minimum atomic E-state index is -0.186. The van der Waals surface area contributed by atoms with Crippen molar-refractivity contribution in [3.05, 3.63) is 90.6 Å². The van der Waals surface area contributed by atoms with Crippen LogP contribution in [0.2, 0.25) is 0 Å². The maximum atomic E-state index is 11.4. The van der Waals surface area contributed by atoms with Gasteiger partial charge in [-0.15, -0.1) is 31.7 Å². The highest BCUT2D eigenvalue weighted by atomic mass is 32.1. The molecule has 7 rings (SSSR count). The number of benzene rings is 1. The molecule has 6 aromatic rings. The second kappa shape index (κ2) is 27.5. The lowest BCUT2D eigenvalue weighted by Crippen LogP contribution is -2.05. The molecule has 6 heterocycles. The van der Waals surface area contributed by atoms with Gasteiger partial charge in [0.1, 0.15) is 37.8 Å². The van der Waals surface area contributed by atoms with Crippen molar-refractivity contribution in [3.8, 4) is 0 Å². The summed E-state index contributed by atoms with van der Waals surface area (Å²) in [7, 11) is 0. The van der Waals surface area contributed by atoms with Crippen molar-refractivity contribution >= 4 is 40.4 Å². The van der Waals surface area contributed by atoms with E-state index in [1.807, 2.05) is 86.6 Å². The van der Waals surface area contributed by atoms with Crippen LogP contribution in [0.3, 0.4) is 0 Å². The normalized spacial score (nSPS) is 12.5. The number of carbonyl (C=O) groups excluding carboxylic acids is 1. The van der Waals surface area contributed by atoms with Crippen molar-refractivity contribution in [2.45, 2.75) is 167 Å². The zero-order chi connectivity index (χ0) is 45.7. The summed E-state index contributed by atoms with van der Waals surface area (Å²) < 4.78 is 23.4. The molecule has 1 aliphatic heterocycles. The number of hydrogen-bond donors (Lipinski definition) is 0. The predicted octanol–water partition coefficient (Wildman–Crippen LogP) is 12.5. The first-order chi connectivity index (χ1) is 28.2. The summed E-state index contributed by atoms with van der Waals surface area (Å²) in [6, 6.07) is 7.59. The summed E-state index contributed by atoms with van der Waals surface area (Å²) in [5, 5.41) is 23.5. The standard InChI is InChI=1S/C11H12O2.2C6H10N2O.3C6H10N2S.C2H6/c1-7(2)10-8-5-3-4-6-9(8)11(12)13-10;1-4(2)6-8-7-5(3)9-6;1-4(2)6-7-5(3)9-8-6;1-4(2)6-8-7-5(3)9-6;1-4(2)6-7-5(3)9-8-6;1-4(2)6-7-5(3)8-9-6;1-2/h3-7,10H,1-2H3;5*4H,1-3H3;1-2H3.